The number of nitrogens with one attached hydrogen (secondary N) is 2. The van der Waals surface area contributed by atoms with Crippen molar-refractivity contribution in [2.45, 2.75) is 32.7 Å². The molecular formula is C19H23N5O3S. The van der Waals surface area contributed by atoms with Gasteiger partial charge in [-0.2, -0.15) is 5.10 Å². The summed E-state index contributed by atoms with van der Waals surface area (Å²) in [4.78, 5) is 20.4. The highest BCUT2D eigenvalue weighted by molar-refractivity contribution is 7.91. The Balaban J connectivity index is 1.43. The number of amides is 1. The minimum Gasteiger partial charge on any atom is -0.351 e. The van der Waals surface area contributed by atoms with Crippen LogP contribution in [-0.2, 0) is 16.3 Å². The summed E-state index contributed by atoms with van der Waals surface area (Å²) in [5.41, 5.74) is 3.73. The zero-order chi connectivity index (χ0) is 19.9. The molecule has 0 bridgehead atoms. The highest BCUT2D eigenvalue weighted by atomic mass is 32.2. The minimum absolute atomic E-state index is 0.0854. The molecule has 2 N–H and O–H groups in total. The van der Waals surface area contributed by atoms with Crippen LogP contribution in [0.3, 0.4) is 0 Å². The number of hydrogen-bond acceptors (Lipinski definition) is 5. The second kappa shape index (κ2) is 7.05. The molecule has 0 saturated carbocycles. The highest BCUT2D eigenvalue weighted by Gasteiger charge is 2.32. The van der Waals surface area contributed by atoms with Gasteiger partial charge in [-0.3, -0.25) is 9.48 Å². The zero-order valence-electron chi connectivity index (χ0n) is 15.9. The van der Waals surface area contributed by atoms with Crippen LogP contribution in [-0.4, -0.2) is 52.1 Å². The Hall–Kier alpha value is -2.68. The van der Waals surface area contributed by atoms with Crippen LogP contribution < -0.4 is 5.32 Å². The monoisotopic (exact) mass is 401 g/mol. The van der Waals surface area contributed by atoms with Crippen molar-refractivity contribution in [3.05, 3.63) is 47.0 Å². The van der Waals surface area contributed by atoms with E-state index in [9.17, 15) is 13.2 Å². The molecule has 1 aliphatic heterocycles. The Morgan fingerprint density at radius 1 is 1.32 bits per heavy atom. The Morgan fingerprint density at radius 3 is 2.82 bits per heavy atom. The molecule has 1 aromatic carbocycles. The SMILES string of the molecule is Cc1nn(C2CCS(=O)(=O)C2)c(C)c1C(=O)NCCc1nc2ccccc2[nH]1. The van der Waals surface area contributed by atoms with Crippen molar-refractivity contribution in [3.8, 4) is 0 Å². The van der Waals surface area contributed by atoms with Crippen LogP contribution >= 0.6 is 0 Å². The number of sulfone groups is 1. The Bertz CT molecular complexity index is 1110. The first-order valence-corrected chi connectivity index (χ1v) is 11.1. The molecule has 4 rings (SSSR count). The number of aromatic amines is 1. The number of aryl methyl sites for hydroxylation is 1. The first-order chi connectivity index (χ1) is 13.3. The van der Waals surface area contributed by atoms with Crippen molar-refractivity contribution in [3.63, 3.8) is 0 Å². The van der Waals surface area contributed by atoms with Crippen LogP contribution in [0.4, 0.5) is 0 Å². The van der Waals surface area contributed by atoms with Crippen LogP contribution in [0.15, 0.2) is 24.3 Å². The van der Waals surface area contributed by atoms with Gasteiger partial charge in [0.2, 0.25) is 0 Å². The average molecular weight is 401 g/mol. The summed E-state index contributed by atoms with van der Waals surface area (Å²) in [5, 5.41) is 7.37. The third-order valence-electron chi connectivity index (χ3n) is 5.19. The van der Waals surface area contributed by atoms with Gasteiger partial charge in [0.05, 0.1) is 39.8 Å². The Labute approximate surface area is 163 Å². The normalized spacial score (nSPS) is 18.6. The lowest BCUT2D eigenvalue weighted by atomic mass is 10.1. The molecule has 8 nitrogen and oxygen atoms in total. The number of para-hydroxylation sites is 2. The lowest BCUT2D eigenvalue weighted by molar-refractivity contribution is 0.0952. The van der Waals surface area contributed by atoms with Crippen molar-refractivity contribution in [1.29, 1.82) is 0 Å². The van der Waals surface area contributed by atoms with Crippen molar-refractivity contribution in [2.24, 2.45) is 0 Å². The van der Waals surface area contributed by atoms with E-state index in [-0.39, 0.29) is 23.5 Å². The molecule has 1 amide bonds. The van der Waals surface area contributed by atoms with E-state index in [0.29, 0.717) is 36.3 Å². The van der Waals surface area contributed by atoms with E-state index in [1.807, 2.05) is 31.2 Å². The number of nitrogens with zero attached hydrogens (tertiary/aromatic N) is 3. The van der Waals surface area contributed by atoms with Crippen molar-refractivity contribution >= 4 is 26.8 Å². The van der Waals surface area contributed by atoms with Crippen LogP contribution in [0.5, 0.6) is 0 Å². The van der Waals surface area contributed by atoms with Gasteiger partial charge in [-0.05, 0) is 32.4 Å². The lowest BCUT2D eigenvalue weighted by Gasteiger charge is -2.11. The summed E-state index contributed by atoms with van der Waals surface area (Å²) in [6, 6.07) is 7.60. The van der Waals surface area contributed by atoms with E-state index in [1.54, 1.807) is 11.6 Å². The second-order valence-electron chi connectivity index (χ2n) is 7.25. The fraction of sp³-hybridized carbons (Fsp3) is 0.421. The number of fused-ring (bicyclic) bond motifs is 1. The van der Waals surface area contributed by atoms with Gasteiger partial charge in [0.1, 0.15) is 5.82 Å². The molecule has 3 heterocycles. The molecule has 1 saturated heterocycles. The van der Waals surface area contributed by atoms with Crippen LogP contribution in [0, 0.1) is 13.8 Å². The summed E-state index contributed by atoms with van der Waals surface area (Å²) in [5.74, 6) is 0.886. The van der Waals surface area contributed by atoms with Gasteiger partial charge in [0.15, 0.2) is 9.84 Å². The predicted molar refractivity (Wildman–Crippen MR) is 106 cm³/mol. The molecule has 1 aliphatic rings. The van der Waals surface area contributed by atoms with Gasteiger partial charge < -0.3 is 10.3 Å². The van der Waals surface area contributed by atoms with Gasteiger partial charge in [-0.1, -0.05) is 12.1 Å². The third-order valence-corrected chi connectivity index (χ3v) is 6.94. The highest BCUT2D eigenvalue weighted by Crippen LogP contribution is 2.26. The van der Waals surface area contributed by atoms with Crippen molar-refractivity contribution < 1.29 is 13.2 Å². The average Bonchev–Trinajstić information content (AvgIpc) is 3.29. The molecule has 2 aromatic heterocycles. The quantitative estimate of drug-likeness (QED) is 0.676. The van der Waals surface area contributed by atoms with E-state index >= 15 is 0 Å². The summed E-state index contributed by atoms with van der Waals surface area (Å²) in [6.45, 7) is 4.04. The third kappa shape index (κ3) is 3.54. The second-order valence-corrected chi connectivity index (χ2v) is 9.48. The number of H-pyrrole nitrogens is 1. The standard InChI is InChI=1S/C19H23N5O3S/c1-12-18(13(2)24(23-12)14-8-10-28(26,27)11-14)19(25)20-9-7-17-21-15-5-3-4-6-16(15)22-17/h3-6,14H,7-11H2,1-2H3,(H,20,25)(H,21,22). The van der Waals surface area contributed by atoms with Gasteiger partial charge in [-0.25, -0.2) is 13.4 Å². The maximum absolute atomic E-state index is 12.7. The predicted octanol–water partition coefficient (Wildman–Crippen LogP) is 1.71. The molecule has 0 radical (unpaired) electrons. The van der Waals surface area contributed by atoms with Crippen molar-refractivity contribution in [1.82, 2.24) is 25.1 Å². The molecule has 1 atom stereocenters. The summed E-state index contributed by atoms with van der Waals surface area (Å²) < 4.78 is 25.2. The smallest absolute Gasteiger partial charge is 0.255 e. The lowest BCUT2D eigenvalue weighted by Crippen LogP contribution is -2.27. The number of aromatic nitrogens is 4. The van der Waals surface area contributed by atoms with Crippen molar-refractivity contribution in [2.75, 3.05) is 18.1 Å². The summed E-state index contributed by atoms with van der Waals surface area (Å²) in [7, 11) is -3.01. The molecule has 1 unspecified atom stereocenters. The van der Waals surface area contributed by atoms with E-state index in [0.717, 1.165) is 16.9 Å². The van der Waals surface area contributed by atoms with E-state index in [1.165, 1.54) is 0 Å². The Morgan fingerprint density at radius 2 is 2.11 bits per heavy atom. The van der Waals surface area contributed by atoms with Gasteiger partial charge in [-0.15, -0.1) is 0 Å². The first kappa shape index (κ1) is 18.7. The van der Waals surface area contributed by atoms with Gasteiger partial charge >= 0.3 is 0 Å². The summed E-state index contributed by atoms with van der Waals surface area (Å²) in [6.07, 6.45) is 1.13. The first-order valence-electron chi connectivity index (χ1n) is 9.32. The van der Waals surface area contributed by atoms with Gasteiger partial charge in [0, 0.05) is 18.7 Å². The number of hydrogen-bond donors (Lipinski definition) is 2. The maximum atomic E-state index is 12.7. The number of carbonyl (C=O) groups is 1. The molecular weight excluding hydrogens is 378 g/mol. The fourth-order valence-electron chi connectivity index (χ4n) is 3.82. The maximum Gasteiger partial charge on any atom is 0.255 e. The fourth-order valence-corrected chi connectivity index (χ4v) is 5.51. The molecule has 28 heavy (non-hydrogen) atoms. The van der Waals surface area contributed by atoms with E-state index in [2.05, 4.69) is 20.4 Å². The number of imidazole rings is 1. The van der Waals surface area contributed by atoms with E-state index < -0.39 is 9.84 Å². The summed E-state index contributed by atoms with van der Waals surface area (Å²) >= 11 is 0. The molecule has 0 aliphatic carbocycles. The Kier molecular flexibility index (Phi) is 4.70. The molecule has 3 aromatic rings. The number of rotatable bonds is 5. The molecule has 0 spiro atoms. The number of benzene rings is 1. The molecule has 148 valence electrons. The van der Waals surface area contributed by atoms with Gasteiger partial charge in [0.25, 0.3) is 5.91 Å². The van der Waals surface area contributed by atoms with Crippen LogP contribution in [0.1, 0.15) is 40.0 Å². The minimum atomic E-state index is -3.01. The van der Waals surface area contributed by atoms with Crippen LogP contribution in [0.25, 0.3) is 11.0 Å². The molecule has 9 heteroatoms. The molecule has 1 fully saturated rings. The van der Waals surface area contributed by atoms with E-state index in [4.69, 9.17) is 0 Å². The number of carbonyl (C=O) groups excluding carboxylic acids is 1. The topological polar surface area (TPSA) is 110 Å². The zero-order valence-corrected chi connectivity index (χ0v) is 16.7. The van der Waals surface area contributed by atoms with Crippen LogP contribution in [0.2, 0.25) is 0 Å². The largest absolute Gasteiger partial charge is 0.351 e.